The first kappa shape index (κ1) is 25.2. The van der Waals surface area contributed by atoms with Crippen molar-refractivity contribution in [3.8, 4) is 11.5 Å². The van der Waals surface area contributed by atoms with Crippen LogP contribution in [0.25, 0.3) is 16.8 Å². The normalized spacial score (nSPS) is 15.0. The SMILES string of the molecule is CCOc1cc(/C=C2\C(=O)N(c3cccc(C)c3)C(=O)N(c3cccc4ccccc34)C2=O)cc(Br)c1O. The molecule has 1 heterocycles. The Morgan fingerprint density at radius 1 is 0.895 bits per heavy atom. The van der Waals surface area contributed by atoms with E-state index in [1.807, 2.05) is 43.3 Å². The molecule has 0 spiro atoms. The summed E-state index contributed by atoms with van der Waals surface area (Å²) in [4.78, 5) is 43.6. The van der Waals surface area contributed by atoms with Crippen LogP contribution in [0.2, 0.25) is 0 Å². The van der Waals surface area contributed by atoms with Gasteiger partial charge in [-0.1, -0.05) is 48.5 Å². The number of carbonyl (C=O) groups excluding carboxylic acids is 3. The van der Waals surface area contributed by atoms with Gasteiger partial charge in [-0.2, -0.15) is 0 Å². The number of fused-ring (bicyclic) bond motifs is 1. The Balaban J connectivity index is 1.72. The smallest absolute Gasteiger partial charge is 0.343 e. The predicted molar refractivity (Wildman–Crippen MR) is 150 cm³/mol. The van der Waals surface area contributed by atoms with E-state index in [-0.39, 0.29) is 17.1 Å². The zero-order valence-corrected chi connectivity index (χ0v) is 22.2. The van der Waals surface area contributed by atoms with Gasteiger partial charge in [-0.25, -0.2) is 14.6 Å². The van der Waals surface area contributed by atoms with Crippen LogP contribution in [0.3, 0.4) is 0 Å². The molecule has 0 aromatic heterocycles. The third kappa shape index (κ3) is 4.43. The largest absolute Gasteiger partial charge is 0.503 e. The Kier molecular flexibility index (Phi) is 6.73. The average molecular weight is 571 g/mol. The first-order valence-electron chi connectivity index (χ1n) is 11.9. The van der Waals surface area contributed by atoms with Crippen molar-refractivity contribution in [3.05, 3.63) is 100 Å². The van der Waals surface area contributed by atoms with Crippen molar-refractivity contribution >= 4 is 62.0 Å². The van der Waals surface area contributed by atoms with Gasteiger partial charge < -0.3 is 9.84 Å². The highest BCUT2D eigenvalue weighted by Crippen LogP contribution is 2.38. The molecule has 1 N–H and O–H groups in total. The molecular formula is C30H23BrN2O5. The number of aromatic hydroxyl groups is 1. The second-order valence-corrected chi connectivity index (χ2v) is 9.60. The molecular weight excluding hydrogens is 548 g/mol. The molecule has 7 nitrogen and oxygen atoms in total. The number of anilines is 2. The van der Waals surface area contributed by atoms with Crippen LogP contribution >= 0.6 is 15.9 Å². The molecule has 0 atom stereocenters. The lowest BCUT2D eigenvalue weighted by atomic mass is 10.0. The number of nitrogens with zero attached hydrogens (tertiary/aromatic N) is 2. The lowest BCUT2D eigenvalue weighted by Crippen LogP contribution is -2.57. The zero-order chi connectivity index (χ0) is 27.0. The molecule has 1 fully saturated rings. The number of barbiturate groups is 1. The van der Waals surface area contributed by atoms with Gasteiger partial charge in [0.1, 0.15) is 5.57 Å². The van der Waals surface area contributed by atoms with Crippen molar-refractivity contribution in [2.75, 3.05) is 16.4 Å². The molecule has 1 saturated heterocycles. The number of phenols is 1. The summed E-state index contributed by atoms with van der Waals surface area (Å²) in [6, 6.07) is 22.1. The molecule has 4 amide bonds. The topological polar surface area (TPSA) is 87.2 Å². The van der Waals surface area contributed by atoms with Crippen molar-refractivity contribution in [2.24, 2.45) is 0 Å². The van der Waals surface area contributed by atoms with E-state index in [9.17, 15) is 19.5 Å². The van der Waals surface area contributed by atoms with Crippen LogP contribution in [-0.2, 0) is 9.59 Å². The maximum atomic E-state index is 13.9. The quantitative estimate of drug-likeness (QED) is 0.216. The van der Waals surface area contributed by atoms with Crippen LogP contribution in [-0.4, -0.2) is 29.6 Å². The van der Waals surface area contributed by atoms with Gasteiger partial charge in [-0.15, -0.1) is 0 Å². The molecule has 190 valence electrons. The summed E-state index contributed by atoms with van der Waals surface area (Å²) in [6.07, 6.45) is 1.41. The van der Waals surface area contributed by atoms with E-state index in [0.29, 0.717) is 33.4 Å². The minimum Gasteiger partial charge on any atom is -0.503 e. The van der Waals surface area contributed by atoms with E-state index in [1.54, 1.807) is 43.3 Å². The summed E-state index contributed by atoms with van der Waals surface area (Å²) in [6.45, 7) is 3.94. The molecule has 38 heavy (non-hydrogen) atoms. The monoisotopic (exact) mass is 570 g/mol. The fraction of sp³-hybridized carbons (Fsp3) is 0.100. The minimum atomic E-state index is -0.763. The maximum Gasteiger partial charge on any atom is 0.343 e. The fourth-order valence-corrected chi connectivity index (χ4v) is 4.91. The number of halogens is 1. The third-order valence-corrected chi connectivity index (χ3v) is 6.78. The first-order valence-corrected chi connectivity index (χ1v) is 12.7. The van der Waals surface area contributed by atoms with Gasteiger partial charge in [0, 0.05) is 5.39 Å². The van der Waals surface area contributed by atoms with Crippen LogP contribution in [0.5, 0.6) is 11.5 Å². The number of imide groups is 2. The summed E-state index contributed by atoms with van der Waals surface area (Å²) in [7, 11) is 0. The lowest BCUT2D eigenvalue weighted by molar-refractivity contribution is -0.121. The number of hydrogen-bond donors (Lipinski definition) is 1. The van der Waals surface area contributed by atoms with Crippen LogP contribution in [0, 0.1) is 6.92 Å². The van der Waals surface area contributed by atoms with Crippen LogP contribution < -0.4 is 14.5 Å². The number of carbonyl (C=O) groups is 3. The molecule has 4 aromatic carbocycles. The number of ether oxygens (including phenoxy) is 1. The summed E-state index contributed by atoms with van der Waals surface area (Å²) < 4.78 is 5.84. The summed E-state index contributed by atoms with van der Waals surface area (Å²) in [5.74, 6) is -1.39. The predicted octanol–water partition coefficient (Wildman–Crippen LogP) is 6.60. The Morgan fingerprint density at radius 3 is 2.37 bits per heavy atom. The van der Waals surface area contributed by atoms with Crippen molar-refractivity contribution in [2.45, 2.75) is 13.8 Å². The van der Waals surface area contributed by atoms with Gasteiger partial charge in [0.15, 0.2) is 11.5 Å². The standard InChI is InChI=1S/C30H23BrN2O5/c1-3-38-26-17-19(16-24(31)27(26)34)15-23-28(35)32(21-11-6-8-18(2)14-21)30(37)33(29(23)36)25-13-7-10-20-9-4-5-12-22(20)25/h4-17,34H,3H2,1-2H3/b23-15+. The fourth-order valence-electron chi connectivity index (χ4n) is 4.45. The Labute approximate surface area is 227 Å². The highest BCUT2D eigenvalue weighted by molar-refractivity contribution is 9.10. The van der Waals surface area contributed by atoms with E-state index in [2.05, 4.69) is 15.9 Å². The molecule has 1 aliphatic heterocycles. The van der Waals surface area contributed by atoms with E-state index in [0.717, 1.165) is 20.7 Å². The molecule has 0 unspecified atom stereocenters. The molecule has 0 radical (unpaired) electrons. The molecule has 0 bridgehead atoms. The van der Waals surface area contributed by atoms with Crippen LogP contribution in [0.15, 0.2) is 88.9 Å². The minimum absolute atomic E-state index is 0.0933. The maximum absolute atomic E-state index is 13.9. The zero-order valence-electron chi connectivity index (χ0n) is 20.6. The highest BCUT2D eigenvalue weighted by atomic mass is 79.9. The lowest BCUT2D eigenvalue weighted by Gasteiger charge is -2.34. The number of aryl methyl sites for hydroxylation is 1. The first-order chi connectivity index (χ1) is 18.3. The van der Waals surface area contributed by atoms with Crippen molar-refractivity contribution in [1.82, 2.24) is 0 Å². The second kappa shape index (κ2) is 10.1. The van der Waals surface area contributed by atoms with E-state index in [1.165, 1.54) is 12.1 Å². The van der Waals surface area contributed by atoms with Crippen LogP contribution in [0.1, 0.15) is 18.1 Å². The van der Waals surface area contributed by atoms with Gasteiger partial charge in [-0.3, -0.25) is 9.59 Å². The van der Waals surface area contributed by atoms with Crippen molar-refractivity contribution < 1.29 is 24.2 Å². The van der Waals surface area contributed by atoms with E-state index in [4.69, 9.17) is 4.74 Å². The number of phenolic OH excluding ortho intramolecular Hbond substituents is 1. The van der Waals surface area contributed by atoms with E-state index >= 15 is 0 Å². The second-order valence-electron chi connectivity index (χ2n) is 8.74. The number of hydrogen-bond acceptors (Lipinski definition) is 5. The molecule has 4 aromatic rings. The summed E-state index contributed by atoms with van der Waals surface area (Å²) in [5, 5.41) is 11.9. The Hall–Kier alpha value is -4.43. The van der Waals surface area contributed by atoms with Gasteiger partial charge in [0.05, 0.1) is 22.5 Å². The molecule has 0 aliphatic carbocycles. The Morgan fingerprint density at radius 2 is 1.61 bits per heavy atom. The van der Waals surface area contributed by atoms with Crippen molar-refractivity contribution in [3.63, 3.8) is 0 Å². The van der Waals surface area contributed by atoms with Gasteiger partial charge in [0.2, 0.25) is 0 Å². The summed E-state index contributed by atoms with van der Waals surface area (Å²) in [5.41, 5.74) is 1.80. The van der Waals surface area contributed by atoms with Gasteiger partial charge in [0.25, 0.3) is 11.8 Å². The van der Waals surface area contributed by atoms with E-state index < -0.39 is 17.8 Å². The van der Waals surface area contributed by atoms with Crippen molar-refractivity contribution in [1.29, 1.82) is 0 Å². The molecule has 5 rings (SSSR count). The number of rotatable bonds is 5. The average Bonchev–Trinajstić information content (AvgIpc) is 2.90. The van der Waals surface area contributed by atoms with Gasteiger partial charge in [-0.05, 0) is 82.7 Å². The number of urea groups is 1. The molecule has 1 aliphatic rings. The summed E-state index contributed by atoms with van der Waals surface area (Å²) >= 11 is 3.30. The number of amides is 4. The van der Waals surface area contributed by atoms with Gasteiger partial charge >= 0.3 is 6.03 Å². The number of benzene rings is 4. The molecule has 8 heteroatoms. The van der Waals surface area contributed by atoms with Crippen LogP contribution in [0.4, 0.5) is 16.2 Å². The third-order valence-electron chi connectivity index (χ3n) is 6.18. The molecule has 0 saturated carbocycles. The Bertz CT molecular complexity index is 1640. The highest BCUT2D eigenvalue weighted by Gasteiger charge is 2.44.